The van der Waals surface area contributed by atoms with Crippen molar-refractivity contribution in [2.45, 2.75) is 12.6 Å². The molecule has 1 unspecified atom stereocenters. The van der Waals surface area contributed by atoms with Crippen LogP contribution in [0.1, 0.15) is 17.2 Å². The predicted octanol–water partition coefficient (Wildman–Crippen LogP) is 2.00. The molecule has 1 atom stereocenters. The largest absolute Gasteiger partial charge is 0.350 e. The molecule has 0 aromatic heterocycles. The number of nitrogens with one attached hydrogen (secondary N) is 1. The molecule has 0 aliphatic heterocycles. The van der Waals surface area contributed by atoms with Crippen LogP contribution >= 0.6 is 0 Å². The topological polar surface area (TPSA) is 55.1 Å². The molecule has 2 aromatic rings. The maximum atomic E-state index is 11.9. The Morgan fingerprint density at radius 1 is 1.00 bits per heavy atom. The number of amides is 1. The SMILES string of the molecule is NC(C(=O)NCc1ccccc1)c1ccccc1. The van der Waals surface area contributed by atoms with Gasteiger partial charge in [0.25, 0.3) is 0 Å². The van der Waals surface area contributed by atoms with Crippen LogP contribution in [0.2, 0.25) is 0 Å². The van der Waals surface area contributed by atoms with E-state index < -0.39 is 6.04 Å². The Labute approximate surface area is 107 Å². The molecule has 92 valence electrons. The number of benzene rings is 2. The van der Waals surface area contributed by atoms with Crippen LogP contribution in [-0.4, -0.2) is 5.91 Å². The molecule has 0 aliphatic rings. The second kappa shape index (κ2) is 5.98. The van der Waals surface area contributed by atoms with Crippen LogP contribution in [-0.2, 0) is 11.3 Å². The van der Waals surface area contributed by atoms with Crippen molar-refractivity contribution in [2.24, 2.45) is 5.73 Å². The van der Waals surface area contributed by atoms with Crippen LogP contribution in [0, 0.1) is 0 Å². The van der Waals surface area contributed by atoms with E-state index >= 15 is 0 Å². The number of hydrogen-bond acceptors (Lipinski definition) is 2. The monoisotopic (exact) mass is 240 g/mol. The van der Waals surface area contributed by atoms with Gasteiger partial charge in [-0.05, 0) is 11.1 Å². The van der Waals surface area contributed by atoms with Gasteiger partial charge < -0.3 is 11.1 Å². The smallest absolute Gasteiger partial charge is 0.241 e. The molecule has 0 fully saturated rings. The lowest BCUT2D eigenvalue weighted by atomic mass is 10.1. The minimum absolute atomic E-state index is 0.162. The van der Waals surface area contributed by atoms with E-state index in [-0.39, 0.29) is 5.91 Å². The predicted molar refractivity (Wildman–Crippen MR) is 71.7 cm³/mol. The Morgan fingerprint density at radius 3 is 2.17 bits per heavy atom. The summed E-state index contributed by atoms with van der Waals surface area (Å²) in [5, 5.41) is 2.83. The van der Waals surface area contributed by atoms with E-state index in [9.17, 15) is 4.79 Å². The second-order valence-electron chi connectivity index (χ2n) is 4.09. The summed E-state index contributed by atoms with van der Waals surface area (Å²) in [6, 6.07) is 18.5. The zero-order chi connectivity index (χ0) is 12.8. The molecule has 0 heterocycles. The summed E-state index contributed by atoms with van der Waals surface area (Å²) in [6.45, 7) is 0.500. The van der Waals surface area contributed by atoms with Crippen LogP contribution < -0.4 is 11.1 Å². The van der Waals surface area contributed by atoms with Gasteiger partial charge >= 0.3 is 0 Å². The van der Waals surface area contributed by atoms with Crippen LogP contribution in [0.25, 0.3) is 0 Å². The summed E-state index contributed by atoms with van der Waals surface area (Å²) in [6.07, 6.45) is 0. The van der Waals surface area contributed by atoms with Crippen molar-refractivity contribution >= 4 is 5.91 Å². The standard InChI is InChI=1S/C15H16N2O/c16-14(13-9-5-2-6-10-13)15(18)17-11-12-7-3-1-4-8-12/h1-10,14H,11,16H2,(H,17,18). The van der Waals surface area contributed by atoms with Gasteiger partial charge in [0.1, 0.15) is 6.04 Å². The van der Waals surface area contributed by atoms with Gasteiger partial charge in [0, 0.05) is 6.54 Å². The molecule has 18 heavy (non-hydrogen) atoms. The molecule has 0 spiro atoms. The zero-order valence-corrected chi connectivity index (χ0v) is 10.0. The lowest BCUT2D eigenvalue weighted by Gasteiger charge is -2.12. The highest BCUT2D eigenvalue weighted by atomic mass is 16.2. The van der Waals surface area contributed by atoms with Gasteiger partial charge in [0.05, 0.1) is 0 Å². The first-order valence-electron chi connectivity index (χ1n) is 5.89. The highest BCUT2D eigenvalue weighted by Gasteiger charge is 2.14. The molecule has 0 bridgehead atoms. The van der Waals surface area contributed by atoms with Crippen molar-refractivity contribution in [1.82, 2.24) is 5.32 Å². The fraction of sp³-hybridized carbons (Fsp3) is 0.133. The van der Waals surface area contributed by atoms with Crippen LogP contribution in [0.4, 0.5) is 0 Å². The van der Waals surface area contributed by atoms with Crippen molar-refractivity contribution in [3.8, 4) is 0 Å². The third-order valence-electron chi connectivity index (χ3n) is 2.75. The third kappa shape index (κ3) is 3.18. The summed E-state index contributed by atoms with van der Waals surface area (Å²) in [5.74, 6) is -0.162. The van der Waals surface area contributed by atoms with E-state index in [0.29, 0.717) is 6.54 Å². The van der Waals surface area contributed by atoms with E-state index in [1.807, 2.05) is 60.7 Å². The molecule has 0 saturated heterocycles. The quantitative estimate of drug-likeness (QED) is 0.858. The van der Waals surface area contributed by atoms with Crippen molar-refractivity contribution in [3.05, 3.63) is 71.8 Å². The first-order chi connectivity index (χ1) is 8.77. The van der Waals surface area contributed by atoms with E-state index in [1.54, 1.807) is 0 Å². The average molecular weight is 240 g/mol. The maximum Gasteiger partial charge on any atom is 0.241 e. The van der Waals surface area contributed by atoms with Crippen molar-refractivity contribution < 1.29 is 4.79 Å². The maximum absolute atomic E-state index is 11.9. The summed E-state index contributed by atoms with van der Waals surface area (Å²) in [7, 11) is 0. The average Bonchev–Trinajstić information content (AvgIpc) is 2.46. The summed E-state index contributed by atoms with van der Waals surface area (Å²) >= 11 is 0. The number of rotatable bonds is 4. The molecule has 2 aromatic carbocycles. The first kappa shape index (κ1) is 12.3. The Hall–Kier alpha value is -2.13. The Balaban J connectivity index is 1.93. The lowest BCUT2D eigenvalue weighted by molar-refractivity contribution is -0.122. The second-order valence-corrected chi connectivity index (χ2v) is 4.09. The highest BCUT2D eigenvalue weighted by molar-refractivity contribution is 5.82. The van der Waals surface area contributed by atoms with Crippen molar-refractivity contribution in [1.29, 1.82) is 0 Å². The Kier molecular flexibility index (Phi) is 4.10. The number of nitrogens with two attached hydrogens (primary N) is 1. The fourth-order valence-electron chi connectivity index (χ4n) is 1.71. The highest BCUT2D eigenvalue weighted by Crippen LogP contribution is 2.09. The minimum Gasteiger partial charge on any atom is -0.350 e. The molecule has 3 heteroatoms. The molecule has 0 saturated carbocycles. The molecule has 0 aliphatic carbocycles. The lowest BCUT2D eigenvalue weighted by Crippen LogP contribution is -2.33. The van der Waals surface area contributed by atoms with Gasteiger partial charge in [0.2, 0.25) is 5.91 Å². The van der Waals surface area contributed by atoms with E-state index in [2.05, 4.69) is 5.32 Å². The molecule has 1 amide bonds. The van der Waals surface area contributed by atoms with Gasteiger partial charge in [0.15, 0.2) is 0 Å². The first-order valence-corrected chi connectivity index (χ1v) is 5.89. The Morgan fingerprint density at radius 2 is 1.56 bits per heavy atom. The van der Waals surface area contributed by atoms with Crippen molar-refractivity contribution in [3.63, 3.8) is 0 Å². The van der Waals surface area contributed by atoms with Gasteiger partial charge in [-0.3, -0.25) is 4.79 Å². The van der Waals surface area contributed by atoms with Gasteiger partial charge in [-0.25, -0.2) is 0 Å². The van der Waals surface area contributed by atoms with Crippen LogP contribution in [0.5, 0.6) is 0 Å². The van der Waals surface area contributed by atoms with Crippen molar-refractivity contribution in [2.75, 3.05) is 0 Å². The number of carbonyl (C=O) groups is 1. The summed E-state index contributed by atoms with van der Waals surface area (Å²) in [5.41, 5.74) is 7.77. The summed E-state index contributed by atoms with van der Waals surface area (Å²) in [4.78, 5) is 11.9. The van der Waals surface area contributed by atoms with Gasteiger partial charge in [-0.15, -0.1) is 0 Å². The summed E-state index contributed by atoms with van der Waals surface area (Å²) < 4.78 is 0. The van der Waals surface area contributed by atoms with E-state index in [0.717, 1.165) is 11.1 Å². The molecular formula is C15H16N2O. The van der Waals surface area contributed by atoms with E-state index in [1.165, 1.54) is 0 Å². The zero-order valence-electron chi connectivity index (χ0n) is 10.0. The molecule has 0 radical (unpaired) electrons. The minimum atomic E-state index is -0.616. The molecule has 3 N–H and O–H groups in total. The Bertz CT molecular complexity index is 496. The fourth-order valence-corrected chi connectivity index (χ4v) is 1.71. The molecule has 3 nitrogen and oxygen atoms in total. The normalized spacial score (nSPS) is 11.8. The van der Waals surface area contributed by atoms with Gasteiger partial charge in [-0.2, -0.15) is 0 Å². The van der Waals surface area contributed by atoms with Crippen LogP contribution in [0.3, 0.4) is 0 Å². The van der Waals surface area contributed by atoms with Crippen LogP contribution in [0.15, 0.2) is 60.7 Å². The number of carbonyl (C=O) groups excluding carboxylic acids is 1. The number of hydrogen-bond donors (Lipinski definition) is 2. The molecule has 2 rings (SSSR count). The molecular weight excluding hydrogens is 224 g/mol. The van der Waals surface area contributed by atoms with Gasteiger partial charge in [-0.1, -0.05) is 60.7 Å². The van der Waals surface area contributed by atoms with E-state index in [4.69, 9.17) is 5.73 Å². The third-order valence-corrected chi connectivity index (χ3v) is 2.75.